The maximum atomic E-state index is 13.0. The second kappa shape index (κ2) is 11.4. The molecule has 0 saturated heterocycles. The zero-order valence-electron chi connectivity index (χ0n) is 21.2. The van der Waals surface area contributed by atoms with Crippen LogP contribution in [0.2, 0.25) is 5.02 Å². The number of imidazole rings is 1. The first kappa shape index (κ1) is 26.0. The van der Waals surface area contributed by atoms with Crippen molar-refractivity contribution in [2.75, 3.05) is 0 Å². The SMILES string of the molecule is Cc1c(-c2ccc(Cl)cc2)ccc2nc(C(=O)N[C@@H](Cc3ccc(OCc4ccccc4)cc3)C(=O)O)cn12. The number of amides is 1. The van der Waals surface area contributed by atoms with Crippen LogP contribution in [0.25, 0.3) is 16.8 Å². The van der Waals surface area contributed by atoms with Crippen LogP contribution in [0.15, 0.2) is 97.2 Å². The van der Waals surface area contributed by atoms with Crippen molar-refractivity contribution >= 4 is 29.1 Å². The summed E-state index contributed by atoms with van der Waals surface area (Å²) in [6, 6.07) is 27.2. The van der Waals surface area contributed by atoms with Crippen molar-refractivity contribution in [3.05, 3.63) is 125 Å². The molecule has 0 unspecified atom stereocenters. The van der Waals surface area contributed by atoms with Gasteiger partial charge >= 0.3 is 5.97 Å². The molecule has 1 atom stereocenters. The van der Waals surface area contributed by atoms with E-state index in [1.165, 1.54) is 0 Å². The van der Waals surface area contributed by atoms with Crippen LogP contribution in [0.1, 0.15) is 27.3 Å². The third-order valence-corrected chi connectivity index (χ3v) is 6.74. The molecule has 196 valence electrons. The molecule has 0 aliphatic rings. The maximum Gasteiger partial charge on any atom is 0.326 e. The highest BCUT2D eigenvalue weighted by Crippen LogP contribution is 2.26. The van der Waals surface area contributed by atoms with E-state index in [2.05, 4.69) is 10.3 Å². The van der Waals surface area contributed by atoms with E-state index in [1.54, 1.807) is 30.5 Å². The number of carbonyl (C=O) groups excluding carboxylic acids is 1. The summed E-state index contributed by atoms with van der Waals surface area (Å²) in [5.41, 5.74) is 5.40. The lowest BCUT2D eigenvalue weighted by molar-refractivity contribution is -0.139. The van der Waals surface area contributed by atoms with Crippen molar-refractivity contribution in [1.29, 1.82) is 0 Å². The zero-order valence-corrected chi connectivity index (χ0v) is 21.9. The van der Waals surface area contributed by atoms with Crippen LogP contribution >= 0.6 is 11.6 Å². The number of nitrogens with zero attached hydrogens (tertiary/aromatic N) is 2. The van der Waals surface area contributed by atoms with Crippen LogP contribution in [-0.2, 0) is 17.8 Å². The number of carboxylic acid groups (broad SMARTS) is 1. The van der Waals surface area contributed by atoms with Gasteiger partial charge in [0.2, 0.25) is 0 Å². The molecule has 8 heteroatoms. The summed E-state index contributed by atoms with van der Waals surface area (Å²) in [6.07, 6.45) is 1.74. The molecular weight excluding hydrogens is 514 g/mol. The average Bonchev–Trinajstić information content (AvgIpc) is 3.39. The highest BCUT2D eigenvalue weighted by atomic mass is 35.5. The quantitative estimate of drug-likeness (QED) is 0.241. The lowest BCUT2D eigenvalue weighted by Crippen LogP contribution is -2.42. The number of pyridine rings is 1. The molecule has 0 bridgehead atoms. The standard InChI is InChI=1S/C31H26ClN3O4/c1-20-26(23-9-11-24(32)12-10-23)15-16-29-33-28(18-35(20)29)30(36)34-27(31(37)38)17-21-7-13-25(14-8-21)39-19-22-5-3-2-4-6-22/h2-16,18,27H,17,19H2,1H3,(H,34,36)(H,37,38)/t27-/m0/s1. The van der Waals surface area contributed by atoms with Gasteiger partial charge in [0.1, 0.15) is 29.7 Å². The Labute approximate surface area is 230 Å². The first-order valence-electron chi connectivity index (χ1n) is 12.4. The molecule has 2 aromatic heterocycles. The smallest absolute Gasteiger partial charge is 0.326 e. The van der Waals surface area contributed by atoms with Crippen LogP contribution in [0.3, 0.4) is 0 Å². The number of carbonyl (C=O) groups is 2. The van der Waals surface area contributed by atoms with Crippen molar-refractivity contribution < 1.29 is 19.4 Å². The number of aryl methyl sites for hydroxylation is 1. The van der Waals surface area contributed by atoms with Crippen molar-refractivity contribution in [2.24, 2.45) is 0 Å². The number of carboxylic acids is 1. The first-order chi connectivity index (χ1) is 18.9. The molecule has 3 aromatic carbocycles. The van der Waals surface area contributed by atoms with Gasteiger partial charge in [0, 0.05) is 28.9 Å². The van der Waals surface area contributed by atoms with E-state index in [0.29, 0.717) is 23.0 Å². The number of fused-ring (bicyclic) bond motifs is 1. The molecule has 0 aliphatic heterocycles. The summed E-state index contributed by atoms with van der Waals surface area (Å²) in [7, 11) is 0. The molecule has 2 heterocycles. The minimum Gasteiger partial charge on any atom is -0.489 e. The predicted molar refractivity (Wildman–Crippen MR) is 150 cm³/mol. The van der Waals surface area contributed by atoms with Crippen LogP contribution in [-0.4, -0.2) is 32.4 Å². The Hall–Kier alpha value is -4.62. The van der Waals surface area contributed by atoms with Crippen molar-refractivity contribution in [2.45, 2.75) is 26.0 Å². The van der Waals surface area contributed by atoms with Gasteiger partial charge in [-0.05, 0) is 60.0 Å². The van der Waals surface area contributed by atoms with E-state index < -0.39 is 17.9 Å². The van der Waals surface area contributed by atoms with Gasteiger partial charge in [-0.25, -0.2) is 9.78 Å². The van der Waals surface area contributed by atoms with Crippen LogP contribution < -0.4 is 10.1 Å². The maximum absolute atomic E-state index is 13.0. The molecule has 0 spiro atoms. The first-order valence-corrected chi connectivity index (χ1v) is 12.8. The number of aromatic nitrogens is 2. The van der Waals surface area contributed by atoms with E-state index in [-0.39, 0.29) is 12.1 Å². The molecule has 0 radical (unpaired) electrons. The van der Waals surface area contributed by atoms with Gasteiger partial charge in [0.15, 0.2) is 0 Å². The zero-order chi connectivity index (χ0) is 27.4. The van der Waals surface area contributed by atoms with E-state index in [4.69, 9.17) is 16.3 Å². The molecule has 5 rings (SSSR count). The Morgan fingerprint density at radius 1 is 0.949 bits per heavy atom. The van der Waals surface area contributed by atoms with Crippen LogP contribution in [0, 0.1) is 6.92 Å². The monoisotopic (exact) mass is 539 g/mol. The lowest BCUT2D eigenvalue weighted by Gasteiger charge is -2.14. The van der Waals surface area contributed by atoms with Gasteiger partial charge in [0.05, 0.1) is 0 Å². The van der Waals surface area contributed by atoms with E-state index in [1.807, 2.05) is 78.1 Å². The Bertz CT molecular complexity index is 1610. The second-order valence-corrected chi connectivity index (χ2v) is 9.62. The van der Waals surface area contributed by atoms with Crippen molar-refractivity contribution in [3.63, 3.8) is 0 Å². The van der Waals surface area contributed by atoms with Gasteiger partial charge in [0.25, 0.3) is 5.91 Å². The number of nitrogens with one attached hydrogen (secondary N) is 1. The fourth-order valence-corrected chi connectivity index (χ4v) is 4.49. The molecule has 2 N–H and O–H groups in total. The number of halogens is 1. The lowest BCUT2D eigenvalue weighted by atomic mass is 10.0. The van der Waals surface area contributed by atoms with Gasteiger partial charge < -0.3 is 19.6 Å². The Kier molecular flexibility index (Phi) is 7.61. The molecule has 0 aliphatic carbocycles. The highest BCUT2D eigenvalue weighted by Gasteiger charge is 2.23. The fourth-order valence-electron chi connectivity index (χ4n) is 4.36. The van der Waals surface area contributed by atoms with Gasteiger partial charge in [-0.3, -0.25) is 4.79 Å². The highest BCUT2D eigenvalue weighted by molar-refractivity contribution is 6.30. The van der Waals surface area contributed by atoms with Crippen molar-refractivity contribution in [3.8, 4) is 16.9 Å². The Morgan fingerprint density at radius 2 is 1.67 bits per heavy atom. The van der Waals surface area contributed by atoms with Gasteiger partial charge in [-0.1, -0.05) is 66.2 Å². The molecule has 39 heavy (non-hydrogen) atoms. The normalized spacial score (nSPS) is 11.7. The number of rotatable bonds is 9. The number of hydrogen-bond acceptors (Lipinski definition) is 4. The summed E-state index contributed by atoms with van der Waals surface area (Å²) in [6.45, 7) is 2.38. The largest absolute Gasteiger partial charge is 0.489 e. The van der Waals surface area contributed by atoms with Crippen molar-refractivity contribution in [1.82, 2.24) is 14.7 Å². The topological polar surface area (TPSA) is 92.9 Å². The van der Waals surface area contributed by atoms with E-state index >= 15 is 0 Å². The fraction of sp³-hybridized carbons (Fsp3) is 0.129. The molecule has 1 amide bonds. The average molecular weight is 540 g/mol. The molecular formula is C31H26ClN3O4. The second-order valence-electron chi connectivity index (χ2n) is 9.18. The summed E-state index contributed by atoms with van der Waals surface area (Å²) >= 11 is 6.02. The molecule has 0 fully saturated rings. The summed E-state index contributed by atoms with van der Waals surface area (Å²) < 4.78 is 7.62. The number of ether oxygens (including phenoxy) is 1. The third-order valence-electron chi connectivity index (χ3n) is 6.49. The summed E-state index contributed by atoms with van der Waals surface area (Å²) in [5, 5.41) is 13.1. The van der Waals surface area contributed by atoms with E-state index in [0.717, 1.165) is 27.9 Å². The Balaban J connectivity index is 1.27. The van der Waals surface area contributed by atoms with E-state index in [9.17, 15) is 14.7 Å². The molecule has 0 saturated carbocycles. The van der Waals surface area contributed by atoms with Gasteiger partial charge in [-0.2, -0.15) is 0 Å². The molecule has 5 aromatic rings. The van der Waals surface area contributed by atoms with Crippen LogP contribution in [0.5, 0.6) is 5.75 Å². The van der Waals surface area contributed by atoms with Crippen LogP contribution in [0.4, 0.5) is 0 Å². The summed E-state index contributed by atoms with van der Waals surface area (Å²) in [5.74, 6) is -1.00. The van der Waals surface area contributed by atoms with Gasteiger partial charge in [-0.15, -0.1) is 0 Å². The summed E-state index contributed by atoms with van der Waals surface area (Å²) in [4.78, 5) is 29.4. The minimum absolute atomic E-state index is 0.118. The molecule has 7 nitrogen and oxygen atoms in total. The number of aliphatic carboxylic acids is 1. The predicted octanol–water partition coefficient (Wildman–Crippen LogP) is 5.97. The number of benzene rings is 3. The minimum atomic E-state index is -1.13. The number of hydrogen-bond donors (Lipinski definition) is 2. The Morgan fingerprint density at radius 3 is 2.36 bits per heavy atom. The third kappa shape index (κ3) is 6.10.